The van der Waals surface area contributed by atoms with Gasteiger partial charge in [0.2, 0.25) is 0 Å². The van der Waals surface area contributed by atoms with Gasteiger partial charge in [-0.1, -0.05) is 6.92 Å². The third-order valence-corrected chi connectivity index (χ3v) is 4.26. The minimum atomic E-state index is 0.0559. The average Bonchev–Trinajstić information content (AvgIpc) is 3.09. The second kappa shape index (κ2) is 5.53. The summed E-state index contributed by atoms with van der Waals surface area (Å²) in [6, 6.07) is 5.89. The van der Waals surface area contributed by atoms with Crippen molar-refractivity contribution in [2.75, 3.05) is 0 Å². The maximum Gasteiger partial charge on any atom is 0.180 e. The lowest BCUT2D eigenvalue weighted by Gasteiger charge is -2.08. The quantitative estimate of drug-likeness (QED) is 0.578. The zero-order chi connectivity index (χ0) is 16.7. The van der Waals surface area contributed by atoms with Crippen LogP contribution in [0.15, 0.2) is 43.0 Å². The molecular weight excluding hydrogens is 300 g/mol. The summed E-state index contributed by atoms with van der Waals surface area (Å²) in [4.78, 5) is 28.2. The standard InChI is InChI=1S/C19H16N4O/c1-3-17(24)16-6-11(2)15(10-21-16)12-7-13-9-23-19-14(4-5-20-19)18(13)22-8-12/h4-10H,3H2,1-2H3,(H,20,23). The van der Waals surface area contributed by atoms with Gasteiger partial charge in [0.1, 0.15) is 11.3 Å². The molecule has 24 heavy (non-hydrogen) atoms. The molecule has 5 heteroatoms. The number of hydrogen-bond donors (Lipinski definition) is 1. The summed E-state index contributed by atoms with van der Waals surface area (Å²) in [5, 5.41) is 1.99. The van der Waals surface area contributed by atoms with Crippen molar-refractivity contribution in [1.82, 2.24) is 19.9 Å². The van der Waals surface area contributed by atoms with Gasteiger partial charge in [0.25, 0.3) is 0 Å². The van der Waals surface area contributed by atoms with Crippen LogP contribution in [0.2, 0.25) is 0 Å². The number of aromatic nitrogens is 4. The number of Topliss-reactive ketones (excluding diaryl/α,β-unsaturated/α-hetero) is 1. The van der Waals surface area contributed by atoms with E-state index in [-0.39, 0.29) is 5.78 Å². The Bertz CT molecular complexity index is 1080. The number of pyridine rings is 3. The lowest BCUT2D eigenvalue weighted by atomic mass is 10.0. The molecule has 0 amide bonds. The molecule has 0 bridgehead atoms. The highest BCUT2D eigenvalue weighted by molar-refractivity contribution is 6.02. The zero-order valence-electron chi connectivity index (χ0n) is 13.5. The van der Waals surface area contributed by atoms with Crippen molar-refractivity contribution >= 4 is 27.7 Å². The summed E-state index contributed by atoms with van der Waals surface area (Å²) in [6.07, 6.45) is 7.75. The van der Waals surface area contributed by atoms with E-state index in [4.69, 9.17) is 0 Å². The summed E-state index contributed by atoms with van der Waals surface area (Å²) in [6.45, 7) is 3.83. The number of fused-ring (bicyclic) bond motifs is 3. The minimum absolute atomic E-state index is 0.0559. The minimum Gasteiger partial charge on any atom is -0.346 e. The first kappa shape index (κ1) is 14.5. The molecule has 0 saturated heterocycles. The molecule has 118 valence electrons. The van der Waals surface area contributed by atoms with Crippen LogP contribution in [0.1, 0.15) is 29.4 Å². The number of ketones is 1. The van der Waals surface area contributed by atoms with Crippen LogP contribution in [-0.4, -0.2) is 25.7 Å². The van der Waals surface area contributed by atoms with E-state index in [1.165, 1.54) is 0 Å². The monoisotopic (exact) mass is 316 g/mol. The number of aromatic amines is 1. The van der Waals surface area contributed by atoms with Crippen LogP contribution in [0, 0.1) is 6.92 Å². The summed E-state index contributed by atoms with van der Waals surface area (Å²) < 4.78 is 0. The van der Waals surface area contributed by atoms with Gasteiger partial charge in [0.05, 0.1) is 5.52 Å². The fourth-order valence-electron chi connectivity index (χ4n) is 2.94. The van der Waals surface area contributed by atoms with Crippen LogP contribution < -0.4 is 0 Å². The average molecular weight is 316 g/mol. The van der Waals surface area contributed by atoms with Gasteiger partial charge in [0, 0.05) is 53.1 Å². The molecular formula is C19H16N4O. The summed E-state index contributed by atoms with van der Waals surface area (Å²) in [5.74, 6) is 0.0559. The van der Waals surface area contributed by atoms with Gasteiger partial charge in [-0.25, -0.2) is 4.98 Å². The van der Waals surface area contributed by atoms with Crippen LogP contribution in [0.25, 0.3) is 33.1 Å². The first-order valence-corrected chi connectivity index (χ1v) is 7.89. The van der Waals surface area contributed by atoms with Gasteiger partial charge in [-0.3, -0.25) is 14.8 Å². The van der Waals surface area contributed by atoms with Gasteiger partial charge in [-0.15, -0.1) is 0 Å². The molecule has 0 aliphatic heterocycles. The van der Waals surface area contributed by atoms with E-state index in [1.807, 2.05) is 44.6 Å². The number of carbonyl (C=O) groups is 1. The van der Waals surface area contributed by atoms with Gasteiger partial charge in [0.15, 0.2) is 5.78 Å². The molecule has 4 heterocycles. The lowest BCUT2D eigenvalue weighted by Crippen LogP contribution is -2.01. The first-order valence-electron chi connectivity index (χ1n) is 7.89. The number of carbonyl (C=O) groups excluding carboxylic acids is 1. The van der Waals surface area contributed by atoms with E-state index < -0.39 is 0 Å². The number of rotatable bonds is 3. The largest absolute Gasteiger partial charge is 0.346 e. The smallest absolute Gasteiger partial charge is 0.180 e. The van der Waals surface area contributed by atoms with E-state index >= 15 is 0 Å². The molecule has 0 unspecified atom stereocenters. The highest BCUT2D eigenvalue weighted by Gasteiger charge is 2.11. The zero-order valence-corrected chi connectivity index (χ0v) is 13.5. The molecule has 0 fully saturated rings. The Morgan fingerprint density at radius 1 is 1.12 bits per heavy atom. The Kier molecular flexibility index (Phi) is 3.34. The number of H-pyrrole nitrogens is 1. The third kappa shape index (κ3) is 2.25. The Morgan fingerprint density at radius 3 is 2.79 bits per heavy atom. The van der Waals surface area contributed by atoms with Crippen molar-refractivity contribution in [2.45, 2.75) is 20.3 Å². The van der Waals surface area contributed by atoms with E-state index in [0.29, 0.717) is 12.1 Å². The van der Waals surface area contributed by atoms with Crippen molar-refractivity contribution in [3.63, 3.8) is 0 Å². The number of aryl methyl sites for hydroxylation is 1. The fraction of sp³-hybridized carbons (Fsp3) is 0.158. The van der Waals surface area contributed by atoms with Crippen molar-refractivity contribution < 1.29 is 4.79 Å². The van der Waals surface area contributed by atoms with Crippen molar-refractivity contribution in [1.29, 1.82) is 0 Å². The SMILES string of the molecule is CCC(=O)c1cc(C)c(-c2cnc3c(cnc4[nH]ccc43)c2)cn1. The second-order valence-electron chi connectivity index (χ2n) is 5.82. The first-order chi connectivity index (χ1) is 11.7. The Labute approximate surface area is 138 Å². The molecule has 0 spiro atoms. The summed E-state index contributed by atoms with van der Waals surface area (Å²) in [5.41, 5.74) is 5.24. The molecule has 0 atom stereocenters. The van der Waals surface area contributed by atoms with Gasteiger partial charge in [-0.05, 0) is 30.7 Å². The second-order valence-corrected chi connectivity index (χ2v) is 5.82. The van der Waals surface area contributed by atoms with Crippen molar-refractivity contribution in [3.8, 4) is 11.1 Å². The molecule has 1 N–H and O–H groups in total. The predicted molar refractivity (Wildman–Crippen MR) is 94.0 cm³/mol. The fourth-order valence-corrected chi connectivity index (χ4v) is 2.94. The predicted octanol–water partition coefficient (Wildman–Crippen LogP) is 4.07. The van der Waals surface area contributed by atoms with Crippen LogP contribution in [0.5, 0.6) is 0 Å². The number of hydrogen-bond acceptors (Lipinski definition) is 4. The van der Waals surface area contributed by atoms with Gasteiger partial charge in [-0.2, -0.15) is 0 Å². The molecule has 4 aromatic rings. The molecule has 5 nitrogen and oxygen atoms in total. The van der Waals surface area contributed by atoms with E-state index in [2.05, 4.69) is 26.0 Å². The Balaban J connectivity index is 1.84. The summed E-state index contributed by atoms with van der Waals surface area (Å²) >= 11 is 0. The van der Waals surface area contributed by atoms with E-state index in [9.17, 15) is 4.79 Å². The topological polar surface area (TPSA) is 71.5 Å². The van der Waals surface area contributed by atoms with Gasteiger partial charge < -0.3 is 4.98 Å². The van der Waals surface area contributed by atoms with E-state index in [1.54, 1.807) is 6.20 Å². The van der Waals surface area contributed by atoms with Crippen LogP contribution in [0.4, 0.5) is 0 Å². The summed E-state index contributed by atoms with van der Waals surface area (Å²) in [7, 11) is 0. The molecule has 4 rings (SSSR count). The number of nitrogens with one attached hydrogen (secondary N) is 1. The maximum atomic E-state index is 11.8. The normalized spacial score (nSPS) is 11.2. The molecule has 0 radical (unpaired) electrons. The molecule has 0 saturated carbocycles. The van der Waals surface area contributed by atoms with Crippen LogP contribution >= 0.6 is 0 Å². The highest BCUT2D eigenvalue weighted by Crippen LogP contribution is 2.28. The number of nitrogens with zero attached hydrogens (tertiary/aromatic N) is 3. The van der Waals surface area contributed by atoms with Crippen molar-refractivity contribution in [2.24, 2.45) is 0 Å². The third-order valence-electron chi connectivity index (χ3n) is 4.26. The Hall–Kier alpha value is -3.08. The highest BCUT2D eigenvalue weighted by atomic mass is 16.1. The Morgan fingerprint density at radius 2 is 2.00 bits per heavy atom. The van der Waals surface area contributed by atoms with Gasteiger partial charge >= 0.3 is 0 Å². The van der Waals surface area contributed by atoms with Crippen molar-refractivity contribution in [3.05, 3.63) is 54.2 Å². The van der Waals surface area contributed by atoms with Crippen LogP contribution in [-0.2, 0) is 0 Å². The molecule has 0 aliphatic rings. The molecule has 0 aromatic carbocycles. The lowest BCUT2D eigenvalue weighted by molar-refractivity contribution is 0.0983. The molecule has 4 aromatic heterocycles. The van der Waals surface area contributed by atoms with Crippen LogP contribution in [0.3, 0.4) is 0 Å². The van der Waals surface area contributed by atoms with E-state index in [0.717, 1.165) is 38.6 Å². The molecule has 0 aliphatic carbocycles. The maximum absolute atomic E-state index is 11.8.